The number of nitrogens with zero attached hydrogens (tertiary/aromatic N) is 6. The Morgan fingerprint density at radius 1 is 1.25 bits per heavy atom. The molecule has 0 unspecified atom stereocenters. The molecule has 0 spiro atoms. The second-order valence-corrected chi connectivity index (χ2v) is 6.99. The number of aromatic nitrogens is 4. The van der Waals surface area contributed by atoms with E-state index in [9.17, 15) is 4.79 Å². The Balaban J connectivity index is 1.58. The van der Waals surface area contributed by atoms with Crippen molar-refractivity contribution < 1.29 is 4.79 Å². The smallest absolute Gasteiger partial charge is 0.234 e. The fraction of sp³-hybridized carbons (Fsp3) is 0.529. The molecule has 1 aliphatic carbocycles. The highest BCUT2D eigenvalue weighted by Gasteiger charge is 2.56. The fourth-order valence-corrected chi connectivity index (χ4v) is 3.75. The normalized spacial score (nSPS) is 25.2. The number of carbonyl (C=O) groups is 1. The average molecular weight is 326 g/mol. The summed E-state index contributed by atoms with van der Waals surface area (Å²) in [7, 11) is 4.10. The number of amides is 1. The van der Waals surface area contributed by atoms with Crippen LogP contribution in [-0.4, -0.2) is 68.9 Å². The minimum atomic E-state index is -0.407. The Hall–Kier alpha value is -2.28. The molecule has 7 nitrogen and oxygen atoms in total. The van der Waals surface area contributed by atoms with Crippen molar-refractivity contribution >= 4 is 5.91 Å². The Morgan fingerprint density at radius 3 is 2.67 bits per heavy atom. The van der Waals surface area contributed by atoms with E-state index >= 15 is 0 Å². The van der Waals surface area contributed by atoms with Crippen molar-refractivity contribution in [2.75, 3.05) is 27.2 Å². The van der Waals surface area contributed by atoms with E-state index in [4.69, 9.17) is 0 Å². The number of pyridine rings is 1. The van der Waals surface area contributed by atoms with Crippen LogP contribution >= 0.6 is 0 Å². The second-order valence-electron chi connectivity index (χ2n) is 6.99. The Kier molecular flexibility index (Phi) is 3.60. The molecule has 0 N–H and O–H groups in total. The van der Waals surface area contributed by atoms with Gasteiger partial charge in [-0.2, -0.15) is 0 Å². The minimum absolute atomic E-state index is 0.131. The van der Waals surface area contributed by atoms with Crippen LogP contribution in [0.4, 0.5) is 0 Å². The number of likely N-dealkylation sites (N-methyl/N-ethyl adjacent to an activating group) is 1. The van der Waals surface area contributed by atoms with Crippen molar-refractivity contribution in [3.63, 3.8) is 0 Å². The summed E-state index contributed by atoms with van der Waals surface area (Å²) >= 11 is 0. The highest BCUT2D eigenvalue weighted by Crippen LogP contribution is 2.49. The highest BCUT2D eigenvalue weighted by molar-refractivity contribution is 5.91. The minimum Gasteiger partial charge on any atom is -0.338 e. The van der Waals surface area contributed by atoms with Gasteiger partial charge in [-0.15, -0.1) is 5.10 Å². The van der Waals surface area contributed by atoms with Gasteiger partial charge in [0.05, 0.1) is 29.4 Å². The molecule has 1 saturated heterocycles. The van der Waals surface area contributed by atoms with E-state index in [0.717, 1.165) is 18.5 Å². The molecule has 3 heterocycles. The highest BCUT2D eigenvalue weighted by atomic mass is 16.2. The molecule has 0 aromatic carbocycles. The standard InChI is InChI=1S/C17H22N6O/c1-21(2)13-11-22(12-14(13)23-10-9-19-20-23)16(24)17(6-7-17)15-5-3-4-8-18-15/h3-5,8-10,13-14H,6-7,11-12H2,1-2H3/t13-,14+/m1/s1. The average Bonchev–Trinajstić information content (AvgIpc) is 3.03. The summed E-state index contributed by atoms with van der Waals surface area (Å²) in [6.07, 6.45) is 7.11. The molecule has 7 heteroatoms. The predicted octanol–water partition coefficient (Wildman–Crippen LogP) is 0.718. The maximum absolute atomic E-state index is 13.2. The largest absolute Gasteiger partial charge is 0.338 e. The van der Waals surface area contributed by atoms with Gasteiger partial charge in [0.2, 0.25) is 5.91 Å². The molecule has 2 aromatic heterocycles. The molecule has 2 aliphatic rings. The van der Waals surface area contributed by atoms with Gasteiger partial charge in [0.1, 0.15) is 0 Å². The molecule has 126 valence electrons. The van der Waals surface area contributed by atoms with Crippen LogP contribution in [0.15, 0.2) is 36.8 Å². The van der Waals surface area contributed by atoms with Crippen LogP contribution in [0.25, 0.3) is 0 Å². The van der Waals surface area contributed by atoms with E-state index in [0.29, 0.717) is 13.1 Å². The first-order chi connectivity index (χ1) is 11.6. The molecule has 2 fully saturated rings. The quantitative estimate of drug-likeness (QED) is 0.828. The molecule has 2 aromatic rings. The topological polar surface area (TPSA) is 67.2 Å². The summed E-state index contributed by atoms with van der Waals surface area (Å²) in [4.78, 5) is 21.8. The van der Waals surface area contributed by atoms with Gasteiger partial charge in [-0.1, -0.05) is 11.3 Å². The molecule has 1 amide bonds. The van der Waals surface area contributed by atoms with Gasteiger partial charge in [-0.25, -0.2) is 4.68 Å². The predicted molar refractivity (Wildman–Crippen MR) is 88.3 cm³/mol. The SMILES string of the molecule is CN(C)[C@@H]1CN(C(=O)C2(c3ccccn3)CC2)C[C@@H]1n1ccnn1. The van der Waals surface area contributed by atoms with Crippen molar-refractivity contribution in [2.24, 2.45) is 0 Å². The monoisotopic (exact) mass is 326 g/mol. The van der Waals surface area contributed by atoms with Gasteiger partial charge < -0.3 is 9.80 Å². The lowest BCUT2D eigenvalue weighted by Gasteiger charge is -2.25. The van der Waals surface area contributed by atoms with E-state index in [1.54, 1.807) is 12.4 Å². The first kappa shape index (κ1) is 15.3. The second kappa shape index (κ2) is 5.66. The van der Waals surface area contributed by atoms with Gasteiger partial charge in [0.15, 0.2) is 0 Å². The van der Waals surface area contributed by atoms with Crippen molar-refractivity contribution in [1.29, 1.82) is 0 Å². The molecular weight excluding hydrogens is 304 g/mol. The Morgan fingerprint density at radius 2 is 2.08 bits per heavy atom. The van der Waals surface area contributed by atoms with E-state index in [1.165, 1.54) is 0 Å². The Bertz CT molecular complexity index is 710. The summed E-state index contributed by atoms with van der Waals surface area (Å²) in [6, 6.07) is 6.18. The van der Waals surface area contributed by atoms with Crippen molar-refractivity contribution in [3.05, 3.63) is 42.5 Å². The summed E-state index contributed by atoms with van der Waals surface area (Å²) < 4.78 is 1.87. The molecule has 4 rings (SSSR count). The van der Waals surface area contributed by atoms with Crippen LogP contribution in [0.5, 0.6) is 0 Å². The zero-order chi connectivity index (χ0) is 16.7. The van der Waals surface area contributed by atoms with Crippen LogP contribution in [0.2, 0.25) is 0 Å². The lowest BCUT2D eigenvalue weighted by atomic mass is 10.00. The first-order valence-corrected chi connectivity index (χ1v) is 8.35. The third-order valence-electron chi connectivity index (χ3n) is 5.30. The van der Waals surface area contributed by atoms with Crippen molar-refractivity contribution in [2.45, 2.75) is 30.3 Å². The van der Waals surface area contributed by atoms with Crippen LogP contribution in [0, 0.1) is 0 Å². The van der Waals surface area contributed by atoms with Crippen molar-refractivity contribution in [1.82, 2.24) is 29.8 Å². The summed E-state index contributed by atoms with van der Waals surface area (Å²) in [5.74, 6) is 0.204. The molecule has 0 bridgehead atoms. The number of hydrogen-bond acceptors (Lipinski definition) is 5. The van der Waals surface area contributed by atoms with Crippen LogP contribution < -0.4 is 0 Å². The fourth-order valence-electron chi connectivity index (χ4n) is 3.75. The number of rotatable bonds is 4. The molecule has 1 aliphatic heterocycles. The van der Waals surface area contributed by atoms with E-state index < -0.39 is 5.41 Å². The maximum Gasteiger partial charge on any atom is 0.234 e. The summed E-state index contributed by atoms with van der Waals surface area (Å²) in [6.45, 7) is 1.38. The van der Waals surface area contributed by atoms with E-state index in [1.807, 2.05) is 48.1 Å². The van der Waals surface area contributed by atoms with E-state index in [-0.39, 0.29) is 18.0 Å². The number of carbonyl (C=O) groups excluding carboxylic acids is 1. The summed E-state index contributed by atoms with van der Waals surface area (Å²) in [5.41, 5.74) is 0.496. The van der Waals surface area contributed by atoms with Gasteiger partial charge >= 0.3 is 0 Å². The number of hydrogen-bond donors (Lipinski definition) is 0. The lowest BCUT2D eigenvalue weighted by Crippen LogP contribution is -2.40. The van der Waals surface area contributed by atoms with E-state index in [2.05, 4.69) is 20.2 Å². The maximum atomic E-state index is 13.2. The van der Waals surface area contributed by atoms with Crippen LogP contribution in [0.3, 0.4) is 0 Å². The third-order valence-corrected chi connectivity index (χ3v) is 5.30. The molecular formula is C17H22N6O. The zero-order valence-electron chi connectivity index (χ0n) is 14.0. The van der Waals surface area contributed by atoms with Gasteiger partial charge in [-0.05, 0) is 39.1 Å². The lowest BCUT2D eigenvalue weighted by molar-refractivity contribution is -0.133. The summed E-state index contributed by atoms with van der Waals surface area (Å²) in [5, 5.41) is 8.07. The van der Waals surface area contributed by atoms with Crippen molar-refractivity contribution in [3.8, 4) is 0 Å². The first-order valence-electron chi connectivity index (χ1n) is 8.35. The molecule has 0 radical (unpaired) electrons. The third kappa shape index (κ3) is 2.39. The molecule has 2 atom stereocenters. The zero-order valence-corrected chi connectivity index (χ0v) is 14.0. The molecule has 24 heavy (non-hydrogen) atoms. The van der Waals surface area contributed by atoms with Gasteiger partial charge in [0.25, 0.3) is 0 Å². The van der Waals surface area contributed by atoms with Crippen LogP contribution in [0.1, 0.15) is 24.6 Å². The van der Waals surface area contributed by atoms with Gasteiger partial charge in [-0.3, -0.25) is 9.78 Å². The molecule has 1 saturated carbocycles. The number of likely N-dealkylation sites (tertiary alicyclic amines) is 1. The van der Waals surface area contributed by atoms with Crippen LogP contribution in [-0.2, 0) is 10.2 Å². The van der Waals surface area contributed by atoms with Gasteiger partial charge in [0, 0.05) is 25.5 Å². The Labute approximate surface area is 141 Å².